The third-order valence-electron chi connectivity index (χ3n) is 3.75. The van der Waals surface area contributed by atoms with E-state index in [9.17, 15) is 0 Å². The molecule has 2 nitrogen and oxygen atoms in total. The van der Waals surface area contributed by atoms with E-state index in [4.69, 9.17) is 0 Å². The van der Waals surface area contributed by atoms with E-state index < -0.39 is 0 Å². The van der Waals surface area contributed by atoms with Gasteiger partial charge in [-0.3, -0.25) is 4.90 Å². The summed E-state index contributed by atoms with van der Waals surface area (Å²) in [6, 6.07) is 0.848. The van der Waals surface area contributed by atoms with Crippen molar-refractivity contribution in [2.24, 2.45) is 5.92 Å². The van der Waals surface area contributed by atoms with Gasteiger partial charge in [-0.25, -0.2) is 0 Å². The molecule has 0 bridgehead atoms. The predicted molar refractivity (Wildman–Crippen MR) is 55.9 cm³/mol. The number of rotatable bonds is 2. The van der Waals surface area contributed by atoms with Crippen LogP contribution in [0.3, 0.4) is 0 Å². The quantitative estimate of drug-likeness (QED) is 0.695. The predicted octanol–water partition coefficient (Wildman–Crippen LogP) is 1.47. The zero-order valence-corrected chi connectivity index (χ0v) is 8.76. The topological polar surface area (TPSA) is 15.3 Å². The molecule has 0 spiro atoms. The summed E-state index contributed by atoms with van der Waals surface area (Å²) >= 11 is 0. The highest BCUT2D eigenvalue weighted by Crippen LogP contribution is 2.30. The van der Waals surface area contributed by atoms with E-state index in [1.807, 2.05) is 0 Å². The van der Waals surface area contributed by atoms with Crippen molar-refractivity contribution in [3.8, 4) is 0 Å². The molecule has 0 aromatic carbocycles. The Morgan fingerprint density at radius 3 is 2.77 bits per heavy atom. The van der Waals surface area contributed by atoms with E-state index in [0.29, 0.717) is 0 Å². The summed E-state index contributed by atoms with van der Waals surface area (Å²) in [6.45, 7) is 7.23. The van der Waals surface area contributed by atoms with Crippen LogP contribution in [0.5, 0.6) is 0 Å². The van der Waals surface area contributed by atoms with E-state index in [1.54, 1.807) is 0 Å². The van der Waals surface area contributed by atoms with E-state index in [0.717, 1.165) is 12.0 Å². The number of hydrogen-bond donors (Lipinski definition) is 1. The zero-order valence-electron chi connectivity index (χ0n) is 8.76. The van der Waals surface area contributed by atoms with Crippen molar-refractivity contribution < 1.29 is 0 Å². The Morgan fingerprint density at radius 1 is 1.31 bits per heavy atom. The third-order valence-corrected chi connectivity index (χ3v) is 3.75. The second-order valence-electron chi connectivity index (χ2n) is 4.44. The molecule has 2 fully saturated rings. The highest BCUT2D eigenvalue weighted by molar-refractivity contribution is 4.87. The molecule has 1 saturated heterocycles. The molecule has 1 unspecified atom stereocenters. The first-order valence-corrected chi connectivity index (χ1v) is 5.86. The molecular weight excluding hydrogens is 160 g/mol. The second kappa shape index (κ2) is 4.43. The average Bonchev–Trinajstić information content (AvgIpc) is 2.70. The summed E-state index contributed by atoms with van der Waals surface area (Å²) in [5.41, 5.74) is 0. The summed E-state index contributed by atoms with van der Waals surface area (Å²) in [5.74, 6) is 0.993. The van der Waals surface area contributed by atoms with E-state index in [2.05, 4.69) is 17.1 Å². The average molecular weight is 182 g/mol. The first kappa shape index (κ1) is 9.47. The van der Waals surface area contributed by atoms with E-state index in [-0.39, 0.29) is 0 Å². The van der Waals surface area contributed by atoms with Crippen LogP contribution in [0.4, 0.5) is 0 Å². The minimum atomic E-state index is 0.848. The highest BCUT2D eigenvalue weighted by Gasteiger charge is 2.30. The van der Waals surface area contributed by atoms with Crippen LogP contribution in [-0.4, -0.2) is 37.1 Å². The summed E-state index contributed by atoms with van der Waals surface area (Å²) in [7, 11) is 0. The lowest BCUT2D eigenvalue weighted by Gasteiger charge is -2.39. The fraction of sp³-hybridized carbons (Fsp3) is 1.00. The fourth-order valence-corrected chi connectivity index (χ4v) is 2.97. The van der Waals surface area contributed by atoms with Gasteiger partial charge < -0.3 is 5.32 Å². The molecular formula is C11H22N2. The van der Waals surface area contributed by atoms with Crippen molar-refractivity contribution >= 4 is 0 Å². The number of nitrogens with zero attached hydrogens (tertiary/aromatic N) is 1. The Morgan fingerprint density at radius 2 is 2.08 bits per heavy atom. The van der Waals surface area contributed by atoms with Crippen LogP contribution in [-0.2, 0) is 0 Å². The van der Waals surface area contributed by atoms with Crippen molar-refractivity contribution in [1.29, 1.82) is 0 Å². The smallest absolute Gasteiger partial charge is 0.0249 e. The summed E-state index contributed by atoms with van der Waals surface area (Å²) < 4.78 is 0. The van der Waals surface area contributed by atoms with Crippen LogP contribution in [0.25, 0.3) is 0 Å². The summed E-state index contributed by atoms with van der Waals surface area (Å²) in [5, 5.41) is 3.53. The standard InChI is InChI=1S/C11H22N2/c1-2-13-8-7-12-9-11(13)10-5-3-4-6-10/h10-12H,2-9H2,1H3. The second-order valence-corrected chi connectivity index (χ2v) is 4.44. The van der Waals surface area contributed by atoms with Gasteiger partial charge in [0.25, 0.3) is 0 Å². The molecule has 1 heterocycles. The summed E-state index contributed by atoms with van der Waals surface area (Å²) in [4.78, 5) is 2.67. The maximum absolute atomic E-state index is 3.53. The Bertz CT molecular complexity index is 150. The highest BCUT2D eigenvalue weighted by atomic mass is 15.2. The van der Waals surface area contributed by atoms with E-state index in [1.165, 1.54) is 51.9 Å². The number of likely N-dealkylation sites (N-methyl/N-ethyl adjacent to an activating group) is 1. The van der Waals surface area contributed by atoms with Crippen LogP contribution < -0.4 is 5.32 Å². The van der Waals surface area contributed by atoms with Crippen molar-refractivity contribution in [3.63, 3.8) is 0 Å². The number of nitrogens with one attached hydrogen (secondary N) is 1. The van der Waals surface area contributed by atoms with Crippen LogP contribution in [0.15, 0.2) is 0 Å². The molecule has 0 amide bonds. The minimum Gasteiger partial charge on any atom is -0.314 e. The van der Waals surface area contributed by atoms with Gasteiger partial charge in [-0.2, -0.15) is 0 Å². The maximum atomic E-state index is 3.53. The molecule has 1 saturated carbocycles. The van der Waals surface area contributed by atoms with Crippen LogP contribution >= 0.6 is 0 Å². The monoisotopic (exact) mass is 182 g/mol. The largest absolute Gasteiger partial charge is 0.314 e. The number of piperazine rings is 1. The van der Waals surface area contributed by atoms with Gasteiger partial charge in [-0.05, 0) is 25.3 Å². The molecule has 1 N–H and O–H groups in total. The lowest BCUT2D eigenvalue weighted by Crippen LogP contribution is -2.53. The molecule has 1 aliphatic heterocycles. The van der Waals surface area contributed by atoms with Gasteiger partial charge in [-0.1, -0.05) is 19.8 Å². The van der Waals surface area contributed by atoms with Crippen LogP contribution in [0, 0.1) is 5.92 Å². The first-order chi connectivity index (χ1) is 6.42. The molecule has 13 heavy (non-hydrogen) atoms. The van der Waals surface area contributed by atoms with Crippen molar-refractivity contribution in [2.45, 2.75) is 38.6 Å². The maximum Gasteiger partial charge on any atom is 0.0249 e. The minimum absolute atomic E-state index is 0.848. The molecule has 76 valence electrons. The van der Waals surface area contributed by atoms with Gasteiger partial charge in [0.15, 0.2) is 0 Å². The van der Waals surface area contributed by atoms with Gasteiger partial charge >= 0.3 is 0 Å². The first-order valence-electron chi connectivity index (χ1n) is 5.86. The van der Waals surface area contributed by atoms with Crippen molar-refractivity contribution in [3.05, 3.63) is 0 Å². The van der Waals surface area contributed by atoms with Gasteiger partial charge in [0.05, 0.1) is 0 Å². The summed E-state index contributed by atoms with van der Waals surface area (Å²) in [6.07, 6.45) is 5.89. The van der Waals surface area contributed by atoms with Crippen molar-refractivity contribution in [1.82, 2.24) is 10.2 Å². The third kappa shape index (κ3) is 2.05. The fourth-order valence-electron chi connectivity index (χ4n) is 2.97. The van der Waals surface area contributed by atoms with Gasteiger partial charge in [-0.15, -0.1) is 0 Å². The number of hydrogen-bond acceptors (Lipinski definition) is 2. The molecule has 2 rings (SSSR count). The normalized spacial score (nSPS) is 32.5. The molecule has 0 radical (unpaired) electrons. The van der Waals surface area contributed by atoms with Gasteiger partial charge in [0, 0.05) is 25.7 Å². The van der Waals surface area contributed by atoms with Crippen molar-refractivity contribution in [2.75, 3.05) is 26.2 Å². The Labute approximate surface area is 81.7 Å². The molecule has 0 aromatic rings. The molecule has 1 atom stereocenters. The molecule has 2 heteroatoms. The Balaban J connectivity index is 1.93. The van der Waals surface area contributed by atoms with Crippen LogP contribution in [0.2, 0.25) is 0 Å². The molecule has 0 aromatic heterocycles. The lowest BCUT2D eigenvalue weighted by molar-refractivity contribution is 0.120. The molecule has 1 aliphatic carbocycles. The molecule has 2 aliphatic rings. The SMILES string of the molecule is CCN1CCNCC1C1CCCC1. The van der Waals surface area contributed by atoms with Gasteiger partial charge in [0.1, 0.15) is 0 Å². The zero-order chi connectivity index (χ0) is 9.10. The van der Waals surface area contributed by atoms with E-state index >= 15 is 0 Å². The Hall–Kier alpha value is -0.0800. The van der Waals surface area contributed by atoms with Gasteiger partial charge in [0.2, 0.25) is 0 Å². The van der Waals surface area contributed by atoms with Crippen LogP contribution in [0.1, 0.15) is 32.6 Å². The Kier molecular flexibility index (Phi) is 3.23. The lowest BCUT2D eigenvalue weighted by atomic mass is 9.95.